The van der Waals surface area contributed by atoms with Crippen LogP contribution < -0.4 is 0 Å². The van der Waals surface area contributed by atoms with Gasteiger partial charge in [-0.1, -0.05) is 30.3 Å². The molecule has 0 radical (unpaired) electrons. The average Bonchev–Trinajstić information content (AvgIpc) is 2.91. The number of aliphatic imine (C=N–C) groups is 1. The Morgan fingerprint density at radius 1 is 1.23 bits per heavy atom. The zero-order chi connectivity index (χ0) is 18.7. The summed E-state index contributed by atoms with van der Waals surface area (Å²) in [5.74, 6) is -0.143. The Kier molecular flexibility index (Phi) is 5.18. The summed E-state index contributed by atoms with van der Waals surface area (Å²) in [6, 6.07) is 14.4. The number of likely N-dealkylation sites (N-methyl/N-ethyl adjacent to an activating group) is 1. The highest BCUT2D eigenvalue weighted by atomic mass is 32.2. The van der Waals surface area contributed by atoms with E-state index >= 15 is 0 Å². The number of hydrogen-bond acceptors (Lipinski definition) is 5. The van der Waals surface area contributed by atoms with E-state index < -0.39 is 4.92 Å². The Balaban J connectivity index is 1.95. The van der Waals surface area contributed by atoms with Crippen LogP contribution in [0.5, 0.6) is 0 Å². The van der Waals surface area contributed by atoms with E-state index in [2.05, 4.69) is 4.99 Å². The molecular weight excluding hydrogens is 350 g/mol. The molecule has 1 aliphatic rings. The van der Waals surface area contributed by atoms with Crippen LogP contribution in [0.4, 0.5) is 11.4 Å². The lowest BCUT2D eigenvalue weighted by molar-refractivity contribution is -0.385. The van der Waals surface area contributed by atoms with Crippen LogP contribution in [0.25, 0.3) is 6.08 Å². The second kappa shape index (κ2) is 7.53. The first kappa shape index (κ1) is 17.9. The lowest BCUT2D eigenvalue weighted by atomic mass is 10.1. The molecule has 1 heterocycles. The van der Waals surface area contributed by atoms with Crippen molar-refractivity contribution in [3.8, 4) is 0 Å². The molecule has 1 aliphatic heterocycles. The van der Waals surface area contributed by atoms with E-state index in [1.54, 1.807) is 30.0 Å². The van der Waals surface area contributed by atoms with Gasteiger partial charge in [-0.15, -0.1) is 0 Å². The summed E-state index contributed by atoms with van der Waals surface area (Å²) in [5, 5.41) is 11.7. The number of thioether (sulfide) groups is 1. The zero-order valence-electron chi connectivity index (χ0n) is 14.4. The second-order valence-electron chi connectivity index (χ2n) is 5.69. The molecule has 2 aromatic rings. The first-order valence-corrected chi connectivity index (χ1v) is 8.91. The van der Waals surface area contributed by atoms with Crippen molar-refractivity contribution < 1.29 is 9.72 Å². The normalized spacial score (nSPS) is 17.3. The fraction of sp³-hybridized carbons (Fsp3) is 0.158. The molecule has 0 spiro atoms. The molecule has 0 unspecified atom stereocenters. The highest BCUT2D eigenvalue weighted by molar-refractivity contribution is 8.18. The lowest BCUT2D eigenvalue weighted by Crippen LogP contribution is -2.28. The zero-order valence-corrected chi connectivity index (χ0v) is 15.2. The number of hydrogen-bond donors (Lipinski definition) is 0. The van der Waals surface area contributed by atoms with E-state index in [4.69, 9.17) is 0 Å². The van der Waals surface area contributed by atoms with Gasteiger partial charge < -0.3 is 0 Å². The third-order valence-corrected chi connectivity index (χ3v) is 4.92. The van der Waals surface area contributed by atoms with Gasteiger partial charge in [0.1, 0.15) is 0 Å². The summed E-state index contributed by atoms with van der Waals surface area (Å²) in [7, 11) is 0. The number of para-hydroxylation sites is 1. The number of amidine groups is 1. The maximum Gasteiger partial charge on any atom is 0.272 e. The van der Waals surface area contributed by atoms with Crippen LogP contribution >= 0.6 is 11.8 Å². The summed E-state index contributed by atoms with van der Waals surface area (Å²) >= 11 is 1.28. The summed E-state index contributed by atoms with van der Waals surface area (Å²) in [5.41, 5.74) is 2.02. The van der Waals surface area contributed by atoms with Gasteiger partial charge in [0.15, 0.2) is 5.17 Å². The van der Waals surface area contributed by atoms with E-state index in [0.717, 1.165) is 5.69 Å². The number of amides is 1. The predicted octanol–water partition coefficient (Wildman–Crippen LogP) is 4.53. The number of nitrogens with zero attached hydrogens (tertiary/aromatic N) is 3. The molecule has 0 atom stereocenters. The molecule has 1 fully saturated rings. The number of benzene rings is 2. The van der Waals surface area contributed by atoms with Crippen molar-refractivity contribution in [3.05, 3.63) is 74.7 Å². The summed E-state index contributed by atoms with van der Waals surface area (Å²) in [4.78, 5) is 30.0. The van der Waals surface area contributed by atoms with E-state index in [0.29, 0.717) is 27.7 Å². The number of aryl methyl sites for hydroxylation is 1. The number of nitro groups is 1. The van der Waals surface area contributed by atoms with Crippen LogP contribution in [-0.4, -0.2) is 27.4 Å². The van der Waals surface area contributed by atoms with Gasteiger partial charge in [-0.05, 0) is 49.4 Å². The highest BCUT2D eigenvalue weighted by Crippen LogP contribution is 2.34. The van der Waals surface area contributed by atoms with Gasteiger partial charge in [0.05, 0.1) is 15.5 Å². The van der Waals surface area contributed by atoms with Crippen LogP contribution in [0.3, 0.4) is 0 Å². The molecule has 3 rings (SSSR count). The maximum absolute atomic E-state index is 12.6. The Hall–Kier alpha value is -2.93. The average molecular weight is 367 g/mol. The number of nitro benzene ring substituents is 1. The van der Waals surface area contributed by atoms with Gasteiger partial charge in [0.2, 0.25) is 0 Å². The Labute approximate surface area is 155 Å². The molecule has 0 bridgehead atoms. The van der Waals surface area contributed by atoms with Crippen LogP contribution in [0.15, 0.2) is 58.4 Å². The van der Waals surface area contributed by atoms with E-state index in [-0.39, 0.29) is 11.6 Å². The van der Waals surface area contributed by atoms with Crippen LogP contribution in [0.2, 0.25) is 0 Å². The smallest absolute Gasteiger partial charge is 0.272 e. The SMILES string of the molecule is CCN1C(=O)/C(=C\c2ccc(C)c([N+](=O)[O-])c2)SC1=Nc1ccccc1. The fourth-order valence-electron chi connectivity index (χ4n) is 2.55. The minimum absolute atomic E-state index is 0.0420. The minimum Gasteiger partial charge on any atom is -0.287 e. The first-order valence-electron chi connectivity index (χ1n) is 8.09. The van der Waals surface area contributed by atoms with Crippen molar-refractivity contribution in [1.29, 1.82) is 0 Å². The van der Waals surface area contributed by atoms with Crippen molar-refractivity contribution >= 4 is 40.3 Å². The van der Waals surface area contributed by atoms with Crippen LogP contribution in [0, 0.1) is 17.0 Å². The van der Waals surface area contributed by atoms with E-state index in [9.17, 15) is 14.9 Å². The predicted molar refractivity (Wildman–Crippen MR) is 104 cm³/mol. The number of carbonyl (C=O) groups excluding carboxylic acids is 1. The van der Waals surface area contributed by atoms with Crippen molar-refractivity contribution in [2.45, 2.75) is 13.8 Å². The van der Waals surface area contributed by atoms with Gasteiger partial charge in [-0.3, -0.25) is 19.8 Å². The largest absolute Gasteiger partial charge is 0.287 e. The third kappa shape index (κ3) is 3.67. The lowest BCUT2D eigenvalue weighted by Gasteiger charge is -2.11. The molecule has 1 saturated heterocycles. The van der Waals surface area contributed by atoms with Gasteiger partial charge in [0.25, 0.3) is 11.6 Å². The van der Waals surface area contributed by atoms with Crippen molar-refractivity contribution in [2.75, 3.05) is 6.54 Å². The summed E-state index contributed by atoms with van der Waals surface area (Å²) < 4.78 is 0. The molecule has 0 aromatic heterocycles. The minimum atomic E-state index is -0.415. The topological polar surface area (TPSA) is 75.8 Å². The summed E-state index contributed by atoms with van der Waals surface area (Å²) in [6.07, 6.45) is 1.68. The van der Waals surface area contributed by atoms with Crippen LogP contribution in [-0.2, 0) is 4.79 Å². The van der Waals surface area contributed by atoms with Gasteiger partial charge in [0, 0.05) is 18.2 Å². The molecule has 0 aliphatic carbocycles. The number of carbonyl (C=O) groups is 1. The molecule has 0 saturated carbocycles. The summed E-state index contributed by atoms with van der Waals surface area (Å²) in [6.45, 7) is 4.08. The maximum atomic E-state index is 12.6. The molecule has 132 valence electrons. The Bertz CT molecular complexity index is 923. The first-order chi connectivity index (χ1) is 12.5. The van der Waals surface area contributed by atoms with Gasteiger partial charge in [-0.2, -0.15) is 0 Å². The number of rotatable bonds is 4. The monoisotopic (exact) mass is 367 g/mol. The van der Waals surface area contributed by atoms with Gasteiger partial charge >= 0.3 is 0 Å². The highest BCUT2D eigenvalue weighted by Gasteiger charge is 2.32. The molecule has 7 heteroatoms. The molecule has 6 nitrogen and oxygen atoms in total. The van der Waals surface area contributed by atoms with Crippen molar-refractivity contribution in [2.24, 2.45) is 4.99 Å². The Morgan fingerprint density at radius 3 is 2.62 bits per heavy atom. The van der Waals surface area contributed by atoms with Crippen LogP contribution in [0.1, 0.15) is 18.1 Å². The molecular formula is C19H17N3O3S. The standard InChI is InChI=1S/C19H17N3O3S/c1-3-21-18(23)17(26-19(21)20-15-7-5-4-6-8-15)12-14-10-9-13(2)16(11-14)22(24)25/h4-12H,3H2,1-2H3/b17-12+,20-19?. The quantitative estimate of drug-likeness (QED) is 0.452. The van der Waals surface area contributed by atoms with Gasteiger partial charge in [-0.25, -0.2) is 4.99 Å². The fourth-order valence-corrected chi connectivity index (χ4v) is 3.61. The van der Waals surface area contributed by atoms with Crippen molar-refractivity contribution in [3.63, 3.8) is 0 Å². The molecule has 26 heavy (non-hydrogen) atoms. The van der Waals surface area contributed by atoms with E-state index in [1.165, 1.54) is 17.8 Å². The molecule has 2 aromatic carbocycles. The van der Waals surface area contributed by atoms with Crippen molar-refractivity contribution in [1.82, 2.24) is 4.90 Å². The Morgan fingerprint density at radius 2 is 1.96 bits per heavy atom. The molecule has 0 N–H and O–H groups in total. The van der Waals surface area contributed by atoms with E-state index in [1.807, 2.05) is 37.3 Å². The third-order valence-electron chi connectivity index (χ3n) is 3.91. The second-order valence-corrected chi connectivity index (χ2v) is 6.70. The molecule has 1 amide bonds.